The Morgan fingerprint density at radius 2 is 1.13 bits per heavy atom. The summed E-state index contributed by atoms with van der Waals surface area (Å²) in [6.45, 7) is 0. The highest BCUT2D eigenvalue weighted by Gasteiger charge is 2.15. The first-order chi connectivity index (χ1) is 19.2. The lowest BCUT2D eigenvalue weighted by atomic mass is 10.1. The van der Waals surface area contributed by atoms with E-state index in [9.17, 15) is 0 Å². The molecule has 8 aromatic rings. The molecule has 0 saturated carbocycles. The Morgan fingerprint density at radius 3 is 1.87 bits per heavy atom. The fourth-order valence-corrected chi connectivity index (χ4v) is 5.62. The molecular weight excluding hydrogens is 504 g/mol. The van der Waals surface area contributed by atoms with Gasteiger partial charge in [-0.15, -0.1) is 0 Å². The zero-order valence-corrected chi connectivity index (χ0v) is 21.3. The van der Waals surface area contributed by atoms with Crippen LogP contribution in [0.2, 0.25) is 5.28 Å². The summed E-state index contributed by atoms with van der Waals surface area (Å²) in [6.07, 6.45) is 0. The van der Waals surface area contributed by atoms with Crippen LogP contribution in [0.3, 0.4) is 0 Å². The molecule has 8 rings (SSSR count). The van der Waals surface area contributed by atoms with Gasteiger partial charge in [0.25, 0.3) is 0 Å². The summed E-state index contributed by atoms with van der Waals surface area (Å²) in [5, 5.41) is 4.70. The van der Waals surface area contributed by atoms with Crippen LogP contribution in [-0.4, -0.2) is 19.5 Å². The molecule has 0 amide bonds. The highest BCUT2D eigenvalue weighted by atomic mass is 35.5. The molecule has 0 N–H and O–H groups in total. The van der Waals surface area contributed by atoms with E-state index in [0.29, 0.717) is 11.6 Å². The lowest BCUT2D eigenvalue weighted by Gasteiger charge is -2.10. The smallest absolute Gasteiger partial charge is 0.226 e. The molecule has 0 bridgehead atoms. The quantitative estimate of drug-likeness (QED) is 0.232. The Balaban J connectivity index is 1.26. The van der Waals surface area contributed by atoms with Gasteiger partial charge in [0.15, 0.2) is 11.6 Å². The van der Waals surface area contributed by atoms with Gasteiger partial charge in [0, 0.05) is 38.4 Å². The number of para-hydroxylation sites is 3. The van der Waals surface area contributed by atoms with Crippen LogP contribution < -0.4 is 0 Å². The number of furan rings is 1. The molecule has 0 aliphatic carbocycles. The van der Waals surface area contributed by atoms with Crippen molar-refractivity contribution in [3.63, 3.8) is 0 Å². The summed E-state index contributed by atoms with van der Waals surface area (Å²) in [4.78, 5) is 13.7. The Labute approximate surface area is 228 Å². The largest absolute Gasteiger partial charge is 0.456 e. The second kappa shape index (κ2) is 8.51. The standard InChI is InChI=1S/C33H19ClN4O/c34-33-36-31(35-32(37-33)21-16-17-26-25-12-3-6-15-29(25)39-30(26)19-21)20-8-7-9-22(18-20)38-27-13-4-1-10-23(27)24-11-2-5-14-28(24)38/h1-19H. The van der Waals surface area contributed by atoms with Crippen LogP contribution in [0.25, 0.3) is 72.2 Å². The first-order valence-electron chi connectivity index (χ1n) is 12.7. The maximum Gasteiger partial charge on any atom is 0.226 e. The fourth-order valence-electron chi connectivity index (χ4n) is 5.46. The van der Waals surface area contributed by atoms with Crippen LogP contribution in [0.1, 0.15) is 0 Å². The molecule has 0 atom stereocenters. The van der Waals surface area contributed by atoms with Crippen LogP contribution in [0.5, 0.6) is 0 Å². The van der Waals surface area contributed by atoms with Gasteiger partial charge in [-0.1, -0.05) is 72.8 Å². The molecule has 39 heavy (non-hydrogen) atoms. The molecule has 0 saturated heterocycles. The van der Waals surface area contributed by atoms with Crippen LogP contribution in [0, 0.1) is 0 Å². The number of rotatable bonds is 3. The van der Waals surface area contributed by atoms with E-state index >= 15 is 0 Å². The third-order valence-corrected chi connectivity index (χ3v) is 7.36. The zero-order valence-electron chi connectivity index (χ0n) is 20.5. The van der Waals surface area contributed by atoms with E-state index in [4.69, 9.17) is 21.0 Å². The van der Waals surface area contributed by atoms with E-state index in [1.54, 1.807) is 0 Å². The lowest BCUT2D eigenvalue weighted by molar-refractivity contribution is 0.669. The lowest BCUT2D eigenvalue weighted by Crippen LogP contribution is -1.99. The summed E-state index contributed by atoms with van der Waals surface area (Å²) >= 11 is 6.44. The molecule has 5 aromatic carbocycles. The van der Waals surface area contributed by atoms with E-state index in [-0.39, 0.29) is 5.28 Å². The maximum absolute atomic E-state index is 6.44. The monoisotopic (exact) mass is 522 g/mol. The normalized spacial score (nSPS) is 11.7. The Bertz CT molecular complexity index is 2160. The van der Waals surface area contributed by atoms with Crippen molar-refractivity contribution in [1.82, 2.24) is 19.5 Å². The van der Waals surface area contributed by atoms with Gasteiger partial charge in [0.05, 0.1) is 11.0 Å². The molecule has 6 heteroatoms. The van der Waals surface area contributed by atoms with Gasteiger partial charge >= 0.3 is 0 Å². The SMILES string of the molecule is Clc1nc(-c2cccc(-n3c4ccccc4c4ccccc43)c2)nc(-c2ccc3c(c2)oc2ccccc23)n1. The van der Waals surface area contributed by atoms with Crippen LogP contribution in [-0.2, 0) is 0 Å². The molecule has 0 aliphatic heterocycles. The van der Waals surface area contributed by atoms with Gasteiger partial charge < -0.3 is 8.98 Å². The predicted octanol–water partition coefficient (Wildman–Crippen LogP) is 8.86. The summed E-state index contributed by atoms with van der Waals surface area (Å²) < 4.78 is 8.35. The first-order valence-corrected chi connectivity index (χ1v) is 13.0. The number of aromatic nitrogens is 4. The number of fused-ring (bicyclic) bond motifs is 6. The van der Waals surface area contributed by atoms with Crippen LogP contribution in [0.15, 0.2) is 120 Å². The average molecular weight is 523 g/mol. The van der Waals surface area contributed by atoms with Gasteiger partial charge in [-0.2, -0.15) is 9.97 Å². The molecule has 3 heterocycles. The van der Waals surface area contributed by atoms with Crippen LogP contribution >= 0.6 is 11.6 Å². The van der Waals surface area contributed by atoms with Crippen molar-refractivity contribution in [2.45, 2.75) is 0 Å². The predicted molar refractivity (Wildman–Crippen MR) is 157 cm³/mol. The fraction of sp³-hybridized carbons (Fsp3) is 0. The molecule has 0 aliphatic rings. The number of nitrogens with zero attached hydrogens (tertiary/aromatic N) is 4. The van der Waals surface area contributed by atoms with Crippen LogP contribution in [0.4, 0.5) is 0 Å². The third-order valence-electron chi connectivity index (χ3n) is 7.19. The highest BCUT2D eigenvalue weighted by Crippen LogP contribution is 2.34. The van der Waals surface area contributed by atoms with E-state index in [1.165, 1.54) is 10.8 Å². The van der Waals surface area contributed by atoms with Gasteiger partial charge in [0.2, 0.25) is 5.28 Å². The average Bonchev–Trinajstić information content (AvgIpc) is 3.52. The first kappa shape index (κ1) is 22.0. The second-order valence-corrected chi connectivity index (χ2v) is 9.82. The van der Waals surface area contributed by atoms with Gasteiger partial charge in [0.1, 0.15) is 11.2 Å². The molecule has 0 spiro atoms. The summed E-state index contributed by atoms with van der Waals surface area (Å²) in [7, 11) is 0. The summed E-state index contributed by atoms with van der Waals surface area (Å²) in [6, 6.07) is 39.1. The van der Waals surface area contributed by atoms with E-state index in [2.05, 4.69) is 81.3 Å². The molecule has 0 fully saturated rings. The molecule has 3 aromatic heterocycles. The Hall–Kier alpha value is -5.00. The van der Waals surface area contributed by atoms with Crippen molar-refractivity contribution < 1.29 is 4.42 Å². The van der Waals surface area contributed by atoms with Crippen molar-refractivity contribution >= 4 is 55.3 Å². The topological polar surface area (TPSA) is 56.7 Å². The minimum absolute atomic E-state index is 0.141. The minimum Gasteiger partial charge on any atom is -0.456 e. The van der Waals surface area contributed by atoms with Crippen molar-refractivity contribution in [3.8, 4) is 28.5 Å². The number of benzene rings is 5. The number of halogens is 1. The molecule has 184 valence electrons. The van der Waals surface area contributed by atoms with E-state index in [1.807, 2.05) is 48.5 Å². The van der Waals surface area contributed by atoms with Crippen molar-refractivity contribution in [2.75, 3.05) is 0 Å². The molecule has 5 nitrogen and oxygen atoms in total. The second-order valence-electron chi connectivity index (χ2n) is 9.48. The van der Waals surface area contributed by atoms with Gasteiger partial charge in [-0.3, -0.25) is 0 Å². The van der Waals surface area contributed by atoms with Crippen molar-refractivity contribution in [1.29, 1.82) is 0 Å². The summed E-state index contributed by atoms with van der Waals surface area (Å²) in [5.74, 6) is 1.01. The molecule has 0 radical (unpaired) electrons. The highest BCUT2D eigenvalue weighted by molar-refractivity contribution is 6.28. The number of hydrogen-bond donors (Lipinski definition) is 0. The van der Waals surface area contributed by atoms with Gasteiger partial charge in [-0.05, 0) is 54.1 Å². The van der Waals surface area contributed by atoms with E-state index in [0.717, 1.165) is 49.8 Å². The third kappa shape index (κ3) is 3.51. The zero-order chi connectivity index (χ0) is 25.9. The van der Waals surface area contributed by atoms with Crippen molar-refractivity contribution in [3.05, 3.63) is 121 Å². The van der Waals surface area contributed by atoms with Gasteiger partial charge in [-0.25, -0.2) is 4.98 Å². The molecule has 0 unspecified atom stereocenters. The number of hydrogen-bond acceptors (Lipinski definition) is 4. The maximum atomic E-state index is 6.44. The summed E-state index contributed by atoms with van der Waals surface area (Å²) in [5.41, 5.74) is 6.59. The Kier molecular flexibility index (Phi) is 4.81. The molecular formula is C33H19ClN4O. The minimum atomic E-state index is 0.141. The van der Waals surface area contributed by atoms with Crippen molar-refractivity contribution in [2.24, 2.45) is 0 Å². The Morgan fingerprint density at radius 1 is 0.513 bits per heavy atom. The van der Waals surface area contributed by atoms with E-state index < -0.39 is 0 Å².